The lowest BCUT2D eigenvalue weighted by Crippen LogP contribution is -2.14. The zero-order chi connectivity index (χ0) is 17.1. The van der Waals surface area contributed by atoms with Gasteiger partial charge in [-0.25, -0.2) is 9.18 Å². The third-order valence-corrected chi connectivity index (χ3v) is 3.48. The summed E-state index contributed by atoms with van der Waals surface area (Å²) >= 11 is 0. The second-order valence-corrected chi connectivity index (χ2v) is 5.18. The molecular weight excluding hydrogens is 313 g/mol. The molecule has 0 unspecified atom stereocenters. The lowest BCUT2D eigenvalue weighted by Gasteiger charge is -2.06. The van der Waals surface area contributed by atoms with Gasteiger partial charge in [-0.05, 0) is 35.9 Å². The van der Waals surface area contributed by atoms with E-state index in [2.05, 4.69) is 20.3 Å². The molecule has 0 bridgehead atoms. The first-order valence-corrected chi connectivity index (χ1v) is 7.17. The highest BCUT2D eigenvalue weighted by atomic mass is 19.1. The van der Waals surface area contributed by atoms with Crippen LogP contribution in [0.1, 0.15) is 16.1 Å². The van der Waals surface area contributed by atoms with Crippen molar-refractivity contribution in [1.82, 2.24) is 10.2 Å². The molecule has 1 amide bonds. The molecule has 1 aromatic heterocycles. The van der Waals surface area contributed by atoms with Gasteiger partial charge in [0.05, 0.1) is 19.0 Å². The Hall–Kier alpha value is -3.22. The Bertz CT molecular complexity index is 920. The van der Waals surface area contributed by atoms with E-state index in [-0.39, 0.29) is 23.8 Å². The lowest BCUT2D eigenvalue weighted by atomic mass is 10.1. The molecule has 0 radical (unpaired) electrons. The van der Waals surface area contributed by atoms with Crippen LogP contribution in [0.25, 0.3) is 10.9 Å². The number of fused-ring (bicyclic) bond motifs is 1. The molecule has 1 heterocycles. The number of H-pyrrole nitrogens is 1. The maximum Gasteiger partial charge on any atom is 0.359 e. The molecule has 0 aliphatic carbocycles. The van der Waals surface area contributed by atoms with Gasteiger partial charge in [0, 0.05) is 11.1 Å². The average molecular weight is 327 g/mol. The molecular formula is C17H14FN3O3. The molecule has 0 aliphatic heterocycles. The van der Waals surface area contributed by atoms with Crippen LogP contribution in [0.4, 0.5) is 10.1 Å². The average Bonchev–Trinajstić information content (AvgIpc) is 2.97. The van der Waals surface area contributed by atoms with Gasteiger partial charge in [0.25, 0.3) is 0 Å². The summed E-state index contributed by atoms with van der Waals surface area (Å²) in [6, 6.07) is 10.9. The normalized spacial score (nSPS) is 10.6. The summed E-state index contributed by atoms with van der Waals surface area (Å²) < 4.78 is 17.8. The van der Waals surface area contributed by atoms with Crippen molar-refractivity contribution < 1.29 is 18.7 Å². The van der Waals surface area contributed by atoms with E-state index in [1.165, 1.54) is 19.2 Å². The monoisotopic (exact) mass is 327 g/mol. The predicted molar refractivity (Wildman–Crippen MR) is 86.2 cm³/mol. The van der Waals surface area contributed by atoms with Gasteiger partial charge in [-0.3, -0.25) is 9.89 Å². The Morgan fingerprint density at radius 3 is 2.83 bits per heavy atom. The van der Waals surface area contributed by atoms with E-state index in [9.17, 15) is 14.0 Å². The second-order valence-electron chi connectivity index (χ2n) is 5.18. The fourth-order valence-corrected chi connectivity index (χ4v) is 2.38. The van der Waals surface area contributed by atoms with Gasteiger partial charge in [0.1, 0.15) is 5.82 Å². The molecule has 7 heteroatoms. The second kappa shape index (κ2) is 6.49. The number of carbonyl (C=O) groups is 2. The first-order valence-electron chi connectivity index (χ1n) is 7.17. The number of aromatic nitrogens is 2. The van der Waals surface area contributed by atoms with Crippen LogP contribution in [0.5, 0.6) is 0 Å². The minimum absolute atomic E-state index is 0.0467. The molecule has 122 valence electrons. The number of esters is 1. The van der Waals surface area contributed by atoms with Crippen LogP contribution < -0.4 is 5.32 Å². The minimum atomic E-state index is -0.565. The SMILES string of the molecule is COC(=O)c1n[nH]c2ccc(NC(=O)Cc3cccc(F)c3)cc12. The van der Waals surface area contributed by atoms with Gasteiger partial charge in [-0.15, -0.1) is 0 Å². The topological polar surface area (TPSA) is 84.1 Å². The number of ether oxygens (including phenoxy) is 1. The Balaban J connectivity index is 1.79. The molecule has 3 aromatic rings. The number of nitrogens with zero attached hydrogens (tertiary/aromatic N) is 1. The quantitative estimate of drug-likeness (QED) is 0.722. The number of rotatable bonds is 4. The van der Waals surface area contributed by atoms with Crippen LogP contribution in [0, 0.1) is 5.82 Å². The van der Waals surface area contributed by atoms with E-state index in [1.54, 1.807) is 30.3 Å². The number of hydrogen-bond acceptors (Lipinski definition) is 4. The van der Waals surface area contributed by atoms with E-state index in [4.69, 9.17) is 0 Å². The number of carbonyl (C=O) groups excluding carboxylic acids is 2. The number of anilines is 1. The fraction of sp³-hybridized carbons (Fsp3) is 0.118. The summed E-state index contributed by atoms with van der Waals surface area (Å²) in [4.78, 5) is 23.8. The summed E-state index contributed by atoms with van der Waals surface area (Å²) in [7, 11) is 1.27. The number of aromatic amines is 1. The van der Waals surface area contributed by atoms with Crippen molar-refractivity contribution in [2.45, 2.75) is 6.42 Å². The molecule has 0 saturated carbocycles. The Kier molecular flexibility index (Phi) is 4.24. The van der Waals surface area contributed by atoms with E-state index >= 15 is 0 Å². The highest BCUT2D eigenvalue weighted by Gasteiger charge is 2.15. The zero-order valence-corrected chi connectivity index (χ0v) is 12.8. The fourth-order valence-electron chi connectivity index (χ4n) is 2.38. The van der Waals surface area contributed by atoms with Crippen molar-refractivity contribution in [3.63, 3.8) is 0 Å². The molecule has 2 N–H and O–H groups in total. The van der Waals surface area contributed by atoms with Crippen molar-refractivity contribution in [1.29, 1.82) is 0 Å². The number of methoxy groups -OCH3 is 1. The summed E-state index contributed by atoms with van der Waals surface area (Å²) in [6.45, 7) is 0. The van der Waals surface area contributed by atoms with Crippen molar-refractivity contribution in [3.05, 3.63) is 59.5 Å². The largest absolute Gasteiger partial charge is 0.464 e. The van der Waals surface area contributed by atoms with Gasteiger partial charge in [-0.2, -0.15) is 5.10 Å². The standard InChI is InChI=1S/C17H14FN3O3/c1-24-17(23)16-13-9-12(5-6-14(13)20-21-16)19-15(22)8-10-3-2-4-11(18)7-10/h2-7,9H,8H2,1H3,(H,19,22)(H,20,21). The molecule has 0 atom stereocenters. The number of nitrogens with one attached hydrogen (secondary N) is 2. The van der Waals surface area contributed by atoms with Crippen molar-refractivity contribution >= 4 is 28.5 Å². The van der Waals surface area contributed by atoms with E-state index < -0.39 is 5.97 Å². The lowest BCUT2D eigenvalue weighted by molar-refractivity contribution is -0.115. The Morgan fingerprint density at radius 1 is 1.25 bits per heavy atom. The number of hydrogen-bond donors (Lipinski definition) is 2. The maximum atomic E-state index is 13.2. The Morgan fingerprint density at radius 2 is 2.08 bits per heavy atom. The predicted octanol–water partition coefficient (Wildman–Crippen LogP) is 2.67. The highest BCUT2D eigenvalue weighted by Crippen LogP contribution is 2.21. The number of benzene rings is 2. The van der Waals surface area contributed by atoms with Crippen LogP contribution in [-0.2, 0) is 16.0 Å². The Labute approximate surface area is 136 Å². The molecule has 6 nitrogen and oxygen atoms in total. The van der Waals surface area contributed by atoms with Crippen molar-refractivity contribution in [2.75, 3.05) is 12.4 Å². The maximum absolute atomic E-state index is 13.2. The zero-order valence-electron chi connectivity index (χ0n) is 12.8. The molecule has 24 heavy (non-hydrogen) atoms. The van der Waals surface area contributed by atoms with Gasteiger partial charge in [0.15, 0.2) is 5.69 Å². The summed E-state index contributed by atoms with van der Waals surface area (Å²) in [5.74, 6) is -1.24. The van der Waals surface area contributed by atoms with E-state index in [1.807, 2.05) is 0 Å². The van der Waals surface area contributed by atoms with Gasteiger partial charge >= 0.3 is 5.97 Å². The number of amides is 1. The molecule has 0 spiro atoms. The van der Waals surface area contributed by atoms with Crippen LogP contribution in [-0.4, -0.2) is 29.2 Å². The van der Waals surface area contributed by atoms with Gasteiger partial charge < -0.3 is 10.1 Å². The smallest absolute Gasteiger partial charge is 0.359 e. The highest BCUT2D eigenvalue weighted by molar-refractivity contribution is 6.04. The number of halogens is 1. The first-order chi connectivity index (χ1) is 11.6. The van der Waals surface area contributed by atoms with Crippen LogP contribution in [0.15, 0.2) is 42.5 Å². The molecule has 0 saturated heterocycles. The van der Waals surface area contributed by atoms with Gasteiger partial charge in [0.2, 0.25) is 5.91 Å². The first kappa shape index (κ1) is 15.7. The van der Waals surface area contributed by atoms with Gasteiger partial charge in [-0.1, -0.05) is 12.1 Å². The minimum Gasteiger partial charge on any atom is -0.464 e. The molecule has 3 rings (SSSR count). The third-order valence-electron chi connectivity index (χ3n) is 3.48. The molecule has 0 fully saturated rings. The van der Waals surface area contributed by atoms with Crippen LogP contribution in [0.2, 0.25) is 0 Å². The van der Waals surface area contributed by atoms with Crippen LogP contribution >= 0.6 is 0 Å². The summed E-state index contributed by atoms with van der Waals surface area (Å²) in [6.07, 6.45) is 0.0467. The summed E-state index contributed by atoms with van der Waals surface area (Å²) in [5.41, 5.74) is 1.88. The summed E-state index contributed by atoms with van der Waals surface area (Å²) in [5, 5.41) is 9.90. The van der Waals surface area contributed by atoms with E-state index in [0.29, 0.717) is 22.2 Å². The molecule has 2 aromatic carbocycles. The molecule has 0 aliphatic rings. The van der Waals surface area contributed by atoms with Crippen molar-refractivity contribution in [2.24, 2.45) is 0 Å². The van der Waals surface area contributed by atoms with Crippen LogP contribution in [0.3, 0.4) is 0 Å². The third kappa shape index (κ3) is 3.24. The van der Waals surface area contributed by atoms with E-state index in [0.717, 1.165) is 0 Å². The van der Waals surface area contributed by atoms with Crippen molar-refractivity contribution in [3.8, 4) is 0 Å².